The lowest BCUT2D eigenvalue weighted by atomic mass is 9.98. The fraction of sp³-hybridized carbons (Fsp3) is 0.500. The van der Waals surface area contributed by atoms with Gasteiger partial charge in [0.05, 0.1) is 7.11 Å². The molecule has 0 bridgehead atoms. The molecule has 0 amide bonds. The first-order valence-electron chi connectivity index (χ1n) is 6.74. The number of hydrogen-bond acceptors (Lipinski definition) is 2. The minimum Gasteiger partial charge on any atom is -0.497 e. The molecule has 100 valence electrons. The first-order valence-corrected chi connectivity index (χ1v) is 6.74. The van der Waals surface area contributed by atoms with Crippen molar-refractivity contribution in [2.75, 3.05) is 13.7 Å². The lowest BCUT2D eigenvalue weighted by Gasteiger charge is -2.13. The highest BCUT2D eigenvalue weighted by Crippen LogP contribution is 2.13. The highest BCUT2D eigenvalue weighted by atomic mass is 16.5. The van der Waals surface area contributed by atoms with Gasteiger partial charge in [-0.2, -0.15) is 0 Å². The molecule has 0 heterocycles. The molecule has 0 aliphatic heterocycles. The van der Waals surface area contributed by atoms with E-state index in [9.17, 15) is 0 Å². The monoisotopic (exact) mass is 247 g/mol. The zero-order chi connectivity index (χ0) is 13.2. The lowest BCUT2D eigenvalue weighted by Crippen LogP contribution is -2.17. The van der Waals surface area contributed by atoms with Crippen LogP contribution in [0.25, 0.3) is 0 Å². The number of ether oxygens (including phenoxy) is 1. The summed E-state index contributed by atoms with van der Waals surface area (Å²) in [6.45, 7) is 8.05. The summed E-state index contributed by atoms with van der Waals surface area (Å²) < 4.78 is 5.14. The fourth-order valence-electron chi connectivity index (χ4n) is 2.01. The van der Waals surface area contributed by atoms with E-state index >= 15 is 0 Å². The predicted octanol–water partition coefficient (Wildman–Crippen LogP) is 3.78. The van der Waals surface area contributed by atoms with E-state index in [1.807, 2.05) is 18.2 Å². The summed E-state index contributed by atoms with van der Waals surface area (Å²) in [5, 5.41) is 3.49. The lowest BCUT2D eigenvalue weighted by molar-refractivity contribution is 0.414. The van der Waals surface area contributed by atoms with Gasteiger partial charge in [-0.15, -0.1) is 6.58 Å². The second kappa shape index (κ2) is 8.76. The largest absolute Gasteiger partial charge is 0.497 e. The van der Waals surface area contributed by atoms with Crippen LogP contribution in [-0.4, -0.2) is 13.7 Å². The molecule has 2 heteroatoms. The Morgan fingerprint density at radius 3 is 2.61 bits per heavy atom. The van der Waals surface area contributed by atoms with E-state index in [0.29, 0.717) is 0 Å². The van der Waals surface area contributed by atoms with Gasteiger partial charge in [0.2, 0.25) is 0 Å². The molecule has 0 saturated heterocycles. The number of benzene rings is 1. The molecule has 0 fully saturated rings. The highest BCUT2D eigenvalue weighted by molar-refractivity contribution is 5.26. The van der Waals surface area contributed by atoms with Crippen LogP contribution in [0.1, 0.15) is 31.7 Å². The summed E-state index contributed by atoms with van der Waals surface area (Å²) in [6, 6.07) is 8.22. The number of allylic oxidation sites excluding steroid dienone is 1. The summed E-state index contributed by atoms with van der Waals surface area (Å²) in [4.78, 5) is 0. The number of rotatable bonds is 9. The molecule has 1 aromatic carbocycles. The van der Waals surface area contributed by atoms with Crippen molar-refractivity contribution in [3.63, 3.8) is 0 Å². The van der Waals surface area contributed by atoms with Gasteiger partial charge in [0.15, 0.2) is 0 Å². The van der Waals surface area contributed by atoms with E-state index in [-0.39, 0.29) is 0 Å². The van der Waals surface area contributed by atoms with Crippen molar-refractivity contribution in [3.05, 3.63) is 42.5 Å². The van der Waals surface area contributed by atoms with Crippen LogP contribution in [-0.2, 0) is 6.54 Å². The molecule has 1 rings (SSSR count). The van der Waals surface area contributed by atoms with Crippen molar-refractivity contribution < 1.29 is 4.74 Å². The van der Waals surface area contributed by atoms with Crippen LogP contribution >= 0.6 is 0 Å². The molecular formula is C16H25NO. The fourth-order valence-corrected chi connectivity index (χ4v) is 2.01. The van der Waals surface area contributed by atoms with Crippen molar-refractivity contribution in [2.45, 2.75) is 32.7 Å². The Kier molecular flexibility index (Phi) is 7.19. The minimum absolute atomic E-state index is 0.769. The van der Waals surface area contributed by atoms with Crippen molar-refractivity contribution in [2.24, 2.45) is 5.92 Å². The van der Waals surface area contributed by atoms with E-state index < -0.39 is 0 Å². The summed E-state index contributed by atoms with van der Waals surface area (Å²) in [7, 11) is 1.69. The van der Waals surface area contributed by atoms with Gasteiger partial charge in [-0.25, -0.2) is 0 Å². The van der Waals surface area contributed by atoms with Gasteiger partial charge >= 0.3 is 0 Å². The first-order chi connectivity index (χ1) is 8.80. The van der Waals surface area contributed by atoms with Gasteiger partial charge in [0, 0.05) is 6.54 Å². The molecular weight excluding hydrogens is 222 g/mol. The molecule has 18 heavy (non-hydrogen) atoms. The Balaban J connectivity index is 2.22. The summed E-state index contributed by atoms with van der Waals surface area (Å²) in [5.74, 6) is 1.68. The number of hydrogen-bond donors (Lipinski definition) is 1. The molecule has 1 unspecified atom stereocenters. The maximum Gasteiger partial charge on any atom is 0.118 e. The van der Waals surface area contributed by atoms with E-state index in [0.717, 1.165) is 31.2 Å². The van der Waals surface area contributed by atoms with Gasteiger partial charge in [-0.3, -0.25) is 0 Å². The summed E-state index contributed by atoms with van der Waals surface area (Å²) in [5.41, 5.74) is 1.30. The Labute approximate surface area is 111 Å². The zero-order valence-electron chi connectivity index (χ0n) is 11.6. The van der Waals surface area contributed by atoms with Crippen molar-refractivity contribution >= 4 is 0 Å². The normalized spacial score (nSPS) is 12.1. The Morgan fingerprint density at radius 1 is 1.33 bits per heavy atom. The summed E-state index contributed by atoms with van der Waals surface area (Å²) in [6.07, 6.45) is 5.60. The molecule has 0 spiro atoms. The third-order valence-corrected chi connectivity index (χ3v) is 3.29. The van der Waals surface area contributed by atoms with E-state index in [4.69, 9.17) is 4.74 Å². The smallest absolute Gasteiger partial charge is 0.118 e. The SMILES string of the molecule is C=CCC(CC)CCNCc1ccc(OC)cc1. The first kappa shape index (κ1) is 14.8. The molecule has 0 aromatic heterocycles. The molecule has 0 aliphatic rings. The highest BCUT2D eigenvalue weighted by Gasteiger charge is 2.03. The van der Waals surface area contributed by atoms with E-state index in [2.05, 4.69) is 31.0 Å². The average molecular weight is 247 g/mol. The van der Waals surface area contributed by atoms with Crippen LogP contribution in [0.4, 0.5) is 0 Å². The molecule has 1 atom stereocenters. The number of methoxy groups -OCH3 is 1. The number of nitrogens with one attached hydrogen (secondary N) is 1. The second-order valence-corrected chi connectivity index (χ2v) is 4.61. The van der Waals surface area contributed by atoms with Crippen molar-refractivity contribution in [3.8, 4) is 5.75 Å². The Hall–Kier alpha value is -1.28. The van der Waals surface area contributed by atoms with Crippen LogP contribution in [0.15, 0.2) is 36.9 Å². The van der Waals surface area contributed by atoms with Gasteiger partial charge in [0.1, 0.15) is 5.75 Å². The Morgan fingerprint density at radius 2 is 2.06 bits per heavy atom. The predicted molar refractivity (Wildman–Crippen MR) is 77.9 cm³/mol. The zero-order valence-corrected chi connectivity index (χ0v) is 11.6. The molecule has 2 nitrogen and oxygen atoms in total. The van der Waals surface area contributed by atoms with Crippen molar-refractivity contribution in [1.82, 2.24) is 5.32 Å². The van der Waals surface area contributed by atoms with Gasteiger partial charge in [-0.05, 0) is 43.0 Å². The van der Waals surface area contributed by atoms with Gasteiger partial charge in [0.25, 0.3) is 0 Å². The van der Waals surface area contributed by atoms with Crippen LogP contribution < -0.4 is 10.1 Å². The minimum atomic E-state index is 0.769. The standard InChI is InChI=1S/C16H25NO/c1-4-6-14(5-2)11-12-17-13-15-7-9-16(18-3)10-8-15/h4,7-10,14,17H,1,5-6,11-13H2,2-3H3. The maximum absolute atomic E-state index is 5.14. The second-order valence-electron chi connectivity index (χ2n) is 4.61. The Bertz CT molecular complexity index is 331. The quantitative estimate of drug-likeness (QED) is 0.529. The maximum atomic E-state index is 5.14. The van der Waals surface area contributed by atoms with E-state index in [1.165, 1.54) is 18.4 Å². The van der Waals surface area contributed by atoms with Crippen LogP contribution in [0, 0.1) is 5.92 Å². The van der Waals surface area contributed by atoms with Crippen molar-refractivity contribution in [1.29, 1.82) is 0 Å². The third-order valence-electron chi connectivity index (χ3n) is 3.29. The van der Waals surface area contributed by atoms with Crippen LogP contribution in [0.5, 0.6) is 5.75 Å². The van der Waals surface area contributed by atoms with E-state index in [1.54, 1.807) is 7.11 Å². The molecule has 0 saturated carbocycles. The van der Waals surface area contributed by atoms with Gasteiger partial charge < -0.3 is 10.1 Å². The molecule has 0 radical (unpaired) electrons. The van der Waals surface area contributed by atoms with Crippen LogP contribution in [0.2, 0.25) is 0 Å². The third kappa shape index (κ3) is 5.37. The summed E-state index contributed by atoms with van der Waals surface area (Å²) >= 11 is 0. The molecule has 0 aliphatic carbocycles. The van der Waals surface area contributed by atoms with Crippen LogP contribution in [0.3, 0.4) is 0 Å². The topological polar surface area (TPSA) is 21.3 Å². The molecule has 1 N–H and O–H groups in total. The van der Waals surface area contributed by atoms with Gasteiger partial charge in [-0.1, -0.05) is 31.6 Å². The molecule has 1 aromatic rings. The average Bonchev–Trinajstić information content (AvgIpc) is 2.43.